The van der Waals surface area contributed by atoms with Crippen LogP contribution in [0.15, 0.2) is 24.7 Å². The van der Waals surface area contributed by atoms with Crippen molar-refractivity contribution in [1.29, 1.82) is 0 Å². The molecule has 2 heterocycles. The zero-order valence-corrected chi connectivity index (χ0v) is 11.8. The van der Waals surface area contributed by atoms with Gasteiger partial charge in [0.2, 0.25) is 0 Å². The van der Waals surface area contributed by atoms with Crippen LogP contribution in [0.3, 0.4) is 0 Å². The Balaban J connectivity index is 2.40. The zero-order valence-electron chi connectivity index (χ0n) is 11.8. The number of hydrogen-bond acceptors (Lipinski definition) is 4. The maximum absolute atomic E-state index is 4.24. The van der Waals surface area contributed by atoms with E-state index in [1.165, 1.54) is 11.1 Å². The van der Waals surface area contributed by atoms with Gasteiger partial charge in [0.1, 0.15) is 0 Å². The Morgan fingerprint density at radius 2 is 2.16 bits per heavy atom. The summed E-state index contributed by atoms with van der Waals surface area (Å²) in [5, 5.41) is 11.7. The van der Waals surface area contributed by atoms with Crippen LogP contribution in [-0.2, 0) is 6.54 Å². The van der Waals surface area contributed by atoms with Gasteiger partial charge >= 0.3 is 0 Å². The molecule has 0 radical (unpaired) electrons. The highest BCUT2D eigenvalue weighted by atomic mass is 15.4. The molecule has 1 unspecified atom stereocenters. The number of pyridine rings is 1. The number of nitrogens with one attached hydrogen (secondary N) is 1. The van der Waals surface area contributed by atoms with Crippen molar-refractivity contribution < 1.29 is 0 Å². The molecule has 5 heteroatoms. The van der Waals surface area contributed by atoms with Crippen LogP contribution < -0.4 is 5.32 Å². The highest BCUT2D eigenvalue weighted by molar-refractivity contribution is 5.31. The van der Waals surface area contributed by atoms with Gasteiger partial charge in [0.05, 0.1) is 17.9 Å². The normalized spacial score (nSPS) is 12.6. The van der Waals surface area contributed by atoms with E-state index in [1.54, 1.807) is 0 Å². The molecule has 2 aromatic rings. The Kier molecular flexibility index (Phi) is 4.63. The fraction of sp³-hybridized carbons (Fsp3) is 0.500. The minimum Gasteiger partial charge on any atom is -0.305 e. The first kappa shape index (κ1) is 13.7. The summed E-state index contributed by atoms with van der Waals surface area (Å²) in [6, 6.07) is 2.13. The maximum atomic E-state index is 4.24. The zero-order chi connectivity index (χ0) is 13.7. The van der Waals surface area contributed by atoms with Gasteiger partial charge < -0.3 is 5.32 Å². The minimum absolute atomic E-state index is 0.0975. The summed E-state index contributed by atoms with van der Waals surface area (Å²) < 4.78 is 1.97. The van der Waals surface area contributed by atoms with Crippen LogP contribution in [0.5, 0.6) is 0 Å². The SMILES string of the molecule is CCCn1nncc1C(NCC)c1cnccc1C. The van der Waals surface area contributed by atoms with E-state index in [0.717, 1.165) is 25.2 Å². The van der Waals surface area contributed by atoms with E-state index < -0.39 is 0 Å². The van der Waals surface area contributed by atoms with E-state index in [2.05, 4.69) is 41.4 Å². The Bertz CT molecular complexity index is 520. The van der Waals surface area contributed by atoms with Crippen LogP contribution in [0.1, 0.15) is 43.1 Å². The van der Waals surface area contributed by atoms with Crippen LogP contribution in [0, 0.1) is 6.92 Å². The topological polar surface area (TPSA) is 55.6 Å². The first-order valence-corrected chi connectivity index (χ1v) is 6.80. The summed E-state index contributed by atoms with van der Waals surface area (Å²) in [5.74, 6) is 0. The Hall–Kier alpha value is -1.75. The molecule has 0 aromatic carbocycles. The molecule has 0 bridgehead atoms. The second-order valence-corrected chi connectivity index (χ2v) is 4.60. The van der Waals surface area contributed by atoms with Gasteiger partial charge in [0, 0.05) is 18.9 Å². The van der Waals surface area contributed by atoms with E-state index >= 15 is 0 Å². The lowest BCUT2D eigenvalue weighted by atomic mass is 10.0. The second kappa shape index (κ2) is 6.43. The summed E-state index contributed by atoms with van der Waals surface area (Å²) in [7, 11) is 0. The Morgan fingerprint density at radius 3 is 2.84 bits per heavy atom. The van der Waals surface area contributed by atoms with Gasteiger partial charge in [0.15, 0.2) is 0 Å². The molecule has 0 aliphatic heterocycles. The van der Waals surface area contributed by atoms with Gasteiger partial charge in [-0.15, -0.1) is 5.10 Å². The molecule has 0 aliphatic rings. The van der Waals surface area contributed by atoms with Crippen LogP contribution in [0.4, 0.5) is 0 Å². The lowest BCUT2D eigenvalue weighted by Gasteiger charge is -2.20. The van der Waals surface area contributed by atoms with E-state index in [4.69, 9.17) is 0 Å². The van der Waals surface area contributed by atoms with Crippen molar-refractivity contribution >= 4 is 0 Å². The largest absolute Gasteiger partial charge is 0.305 e. The monoisotopic (exact) mass is 259 g/mol. The Morgan fingerprint density at radius 1 is 1.32 bits per heavy atom. The van der Waals surface area contributed by atoms with Crippen molar-refractivity contribution in [3.8, 4) is 0 Å². The van der Waals surface area contributed by atoms with Crippen molar-refractivity contribution in [2.24, 2.45) is 0 Å². The van der Waals surface area contributed by atoms with Gasteiger partial charge in [-0.05, 0) is 37.1 Å². The number of hydrogen-bond donors (Lipinski definition) is 1. The molecule has 1 N–H and O–H groups in total. The molecule has 5 nitrogen and oxygen atoms in total. The lowest BCUT2D eigenvalue weighted by molar-refractivity contribution is 0.510. The maximum Gasteiger partial charge on any atom is 0.0802 e. The molecule has 0 saturated carbocycles. The quantitative estimate of drug-likeness (QED) is 0.863. The number of aryl methyl sites for hydroxylation is 2. The summed E-state index contributed by atoms with van der Waals surface area (Å²) in [6.45, 7) is 8.12. The summed E-state index contributed by atoms with van der Waals surface area (Å²) >= 11 is 0. The highest BCUT2D eigenvalue weighted by Gasteiger charge is 2.19. The molecule has 2 aromatic heterocycles. The molecule has 0 spiro atoms. The second-order valence-electron chi connectivity index (χ2n) is 4.60. The predicted octanol–water partition coefficient (Wildman–Crippen LogP) is 2.09. The van der Waals surface area contributed by atoms with Crippen molar-refractivity contribution in [2.75, 3.05) is 6.54 Å². The molecule has 0 saturated heterocycles. The smallest absolute Gasteiger partial charge is 0.0802 e. The fourth-order valence-corrected chi connectivity index (χ4v) is 2.23. The van der Waals surface area contributed by atoms with Crippen LogP contribution in [-0.4, -0.2) is 26.5 Å². The summed E-state index contributed by atoms with van der Waals surface area (Å²) in [6.07, 6.45) is 6.63. The molecular weight excluding hydrogens is 238 g/mol. The number of rotatable bonds is 6. The molecule has 102 valence electrons. The Labute approximate surface area is 114 Å². The molecule has 2 rings (SSSR count). The summed E-state index contributed by atoms with van der Waals surface area (Å²) in [4.78, 5) is 4.24. The van der Waals surface area contributed by atoms with Gasteiger partial charge in [-0.2, -0.15) is 0 Å². The van der Waals surface area contributed by atoms with Crippen molar-refractivity contribution in [2.45, 2.75) is 39.8 Å². The average Bonchev–Trinajstić information content (AvgIpc) is 2.86. The third kappa shape index (κ3) is 2.98. The number of nitrogens with zero attached hydrogens (tertiary/aromatic N) is 4. The van der Waals surface area contributed by atoms with E-state index in [1.807, 2.05) is 29.3 Å². The first-order valence-electron chi connectivity index (χ1n) is 6.80. The summed E-state index contributed by atoms with van der Waals surface area (Å²) in [5.41, 5.74) is 3.51. The molecule has 19 heavy (non-hydrogen) atoms. The van der Waals surface area contributed by atoms with Crippen LogP contribution in [0.25, 0.3) is 0 Å². The minimum atomic E-state index is 0.0975. The van der Waals surface area contributed by atoms with Gasteiger partial charge in [-0.3, -0.25) is 4.98 Å². The van der Waals surface area contributed by atoms with Gasteiger partial charge in [0.25, 0.3) is 0 Å². The van der Waals surface area contributed by atoms with Crippen molar-refractivity contribution in [3.05, 3.63) is 41.5 Å². The van der Waals surface area contributed by atoms with E-state index in [0.29, 0.717) is 0 Å². The molecule has 0 aliphatic carbocycles. The van der Waals surface area contributed by atoms with E-state index in [-0.39, 0.29) is 6.04 Å². The predicted molar refractivity (Wildman–Crippen MR) is 74.8 cm³/mol. The first-order chi connectivity index (χ1) is 9.27. The fourth-order valence-electron chi connectivity index (χ4n) is 2.23. The van der Waals surface area contributed by atoms with Gasteiger partial charge in [-0.1, -0.05) is 19.1 Å². The van der Waals surface area contributed by atoms with Crippen molar-refractivity contribution in [1.82, 2.24) is 25.3 Å². The standard InChI is InChI=1S/C14H21N5/c1-4-8-19-13(10-17-18-19)14(16-5-2)12-9-15-7-6-11(12)3/h6-7,9-10,14,16H,4-5,8H2,1-3H3. The molecule has 0 fully saturated rings. The molecule has 0 amide bonds. The third-order valence-electron chi connectivity index (χ3n) is 3.18. The average molecular weight is 259 g/mol. The van der Waals surface area contributed by atoms with Crippen LogP contribution >= 0.6 is 0 Å². The number of aromatic nitrogens is 4. The third-order valence-corrected chi connectivity index (χ3v) is 3.18. The van der Waals surface area contributed by atoms with Gasteiger partial charge in [-0.25, -0.2) is 4.68 Å². The lowest BCUT2D eigenvalue weighted by Crippen LogP contribution is -2.25. The highest BCUT2D eigenvalue weighted by Crippen LogP contribution is 2.23. The molecular formula is C14H21N5. The van der Waals surface area contributed by atoms with Crippen molar-refractivity contribution in [3.63, 3.8) is 0 Å². The van der Waals surface area contributed by atoms with Crippen LogP contribution in [0.2, 0.25) is 0 Å². The van der Waals surface area contributed by atoms with E-state index in [9.17, 15) is 0 Å². The molecule has 1 atom stereocenters.